The van der Waals surface area contributed by atoms with Crippen molar-refractivity contribution in [3.05, 3.63) is 29.3 Å². The van der Waals surface area contributed by atoms with E-state index in [2.05, 4.69) is 12.1 Å². The van der Waals surface area contributed by atoms with E-state index in [0.29, 0.717) is 32.4 Å². The molecule has 26 heavy (non-hydrogen) atoms. The third-order valence-corrected chi connectivity index (χ3v) is 5.59. The molecule has 0 N–H and O–H groups in total. The number of piperidine rings is 1. The Morgan fingerprint density at radius 1 is 1.15 bits per heavy atom. The van der Waals surface area contributed by atoms with Crippen LogP contribution >= 0.6 is 0 Å². The smallest absolute Gasteiger partial charge is 0.308 e. The van der Waals surface area contributed by atoms with Gasteiger partial charge in [-0.05, 0) is 68.2 Å². The molecule has 1 heterocycles. The lowest BCUT2D eigenvalue weighted by Crippen LogP contribution is -2.46. The van der Waals surface area contributed by atoms with Gasteiger partial charge in [-0.2, -0.15) is 0 Å². The van der Waals surface area contributed by atoms with Crippen LogP contribution in [0.3, 0.4) is 0 Å². The van der Waals surface area contributed by atoms with E-state index in [1.807, 2.05) is 17.9 Å². The summed E-state index contributed by atoms with van der Waals surface area (Å²) >= 11 is 0. The maximum Gasteiger partial charge on any atom is 0.308 e. The molecule has 1 amide bonds. The fourth-order valence-corrected chi connectivity index (χ4v) is 3.96. The molecule has 0 spiro atoms. The predicted molar refractivity (Wildman–Crippen MR) is 99.1 cm³/mol. The molecule has 0 saturated carbocycles. The van der Waals surface area contributed by atoms with Crippen LogP contribution in [-0.4, -0.2) is 43.1 Å². The van der Waals surface area contributed by atoms with Gasteiger partial charge in [-0.3, -0.25) is 9.59 Å². The van der Waals surface area contributed by atoms with Crippen LogP contribution in [0.15, 0.2) is 18.2 Å². The third-order valence-electron chi connectivity index (χ3n) is 5.59. The number of amides is 1. The van der Waals surface area contributed by atoms with E-state index in [1.54, 1.807) is 0 Å². The van der Waals surface area contributed by atoms with Crippen molar-refractivity contribution in [1.82, 2.24) is 4.90 Å². The highest BCUT2D eigenvalue weighted by atomic mass is 16.5. The maximum atomic E-state index is 12.9. The molecule has 0 aromatic heterocycles. The zero-order chi connectivity index (χ0) is 18.5. The summed E-state index contributed by atoms with van der Waals surface area (Å²) in [7, 11) is 1.42. The lowest BCUT2D eigenvalue weighted by molar-refractivity contribution is -0.150. The van der Waals surface area contributed by atoms with Crippen molar-refractivity contribution < 1.29 is 19.1 Å². The molecule has 1 aromatic carbocycles. The third kappa shape index (κ3) is 4.19. The first-order valence-electron chi connectivity index (χ1n) is 9.77. The Labute approximate surface area is 155 Å². The maximum absolute atomic E-state index is 12.9. The Morgan fingerprint density at radius 3 is 2.50 bits per heavy atom. The number of hydrogen-bond donors (Lipinski definition) is 0. The molecule has 1 saturated heterocycles. The van der Waals surface area contributed by atoms with Gasteiger partial charge in [0.25, 0.3) is 5.91 Å². The summed E-state index contributed by atoms with van der Waals surface area (Å²) in [6, 6.07) is 6.24. The van der Waals surface area contributed by atoms with Gasteiger partial charge in [-0.25, -0.2) is 0 Å². The number of hydrogen-bond acceptors (Lipinski definition) is 4. The summed E-state index contributed by atoms with van der Waals surface area (Å²) in [5.74, 6) is 0.545. The topological polar surface area (TPSA) is 55.8 Å². The number of likely N-dealkylation sites (tertiary alicyclic amines) is 1. The number of ether oxygens (including phenoxy) is 2. The fraction of sp³-hybridized carbons (Fsp3) is 0.619. The molecule has 142 valence electrons. The van der Waals surface area contributed by atoms with Gasteiger partial charge in [-0.1, -0.05) is 13.0 Å². The Bertz CT molecular complexity index is 649. The van der Waals surface area contributed by atoms with Crippen LogP contribution in [0.25, 0.3) is 0 Å². The summed E-state index contributed by atoms with van der Waals surface area (Å²) < 4.78 is 10.9. The minimum absolute atomic E-state index is 0.0218. The largest absolute Gasteiger partial charge is 0.481 e. The monoisotopic (exact) mass is 359 g/mol. The molecule has 1 aromatic rings. The highest BCUT2D eigenvalue weighted by molar-refractivity contribution is 5.81. The Kier molecular flexibility index (Phi) is 6.17. The zero-order valence-electron chi connectivity index (χ0n) is 15.8. The fourth-order valence-electron chi connectivity index (χ4n) is 3.96. The first kappa shape index (κ1) is 18.7. The van der Waals surface area contributed by atoms with E-state index in [9.17, 15) is 9.59 Å². The van der Waals surface area contributed by atoms with Crippen LogP contribution in [0.2, 0.25) is 0 Å². The number of nitrogens with zero attached hydrogens (tertiary/aromatic N) is 1. The van der Waals surface area contributed by atoms with Crippen LogP contribution in [0.4, 0.5) is 0 Å². The molecule has 3 rings (SSSR count). The number of carbonyl (C=O) groups excluding carboxylic acids is 2. The van der Waals surface area contributed by atoms with Crippen molar-refractivity contribution >= 4 is 11.9 Å². The van der Waals surface area contributed by atoms with E-state index in [4.69, 9.17) is 9.47 Å². The second-order valence-electron chi connectivity index (χ2n) is 7.28. The van der Waals surface area contributed by atoms with Crippen LogP contribution in [0.5, 0.6) is 5.75 Å². The van der Waals surface area contributed by atoms with Gasteiger partial charge in [-0.15, -0.1) is 0 Å². The number of aryl methyl sites for hydroxylation is 2. The van der Waals surface area contributed by atoms with Gasteiger partial charge < -0.3 is 14.4 Å². The molecule has 0 unspecified atom stereocenters. The molecule has 5 heteroatoms. The molecular weight excluding hydrogens is 330 g/mol. The van der Waals surface area contributed by atoms with E-state index >= 15 is 0 Å². The SMILES string of the molecule is CC[C@H](Oc1ccc2c(c1)CCCC2)C(=O)N1CCC(C(=O)OC)CC1. The van der Waals surface area contributed by atoms with E-state index in [1.165, 1.54) is 31.1 Å². The van der Waals surface area contributed by atoms with Crippen molar-refractivity contribution in [1.29, 1.82) is 0 Å². The lowest BCUT2D eigenvalue weighted by Gasteiger charge is -2.33. The second kappa shape index (κ2) is 8.56. The van der Waals surface area contributed by atoms with E-state index < -0.39 is 6.10 Å². The summed E-state index contributed by atoms with van der Waals surface area (Å²) in [6.45, 7) is 3.15. The molecule has 1 atom stereocenters. The average Bonchev–Trinajstić information content (AvgIpc) is 2.71. The summed E-state index contributed by atoms with van der Waals surface area (Å²) in [4.78, 5) is 26.3. The molecule has 0 radical (unpaired) electrons. The molecule has 0 bridgehead atoms. The van der Waals surface area contributed by atoms with Gasteiger partial charge in [0.15, 0.2) is 6.10 Å². The first-order chi connectivity index (χ1) is 12.6. The summed E-state index contributed by atoms with van der Waals surface area (Å²) in [5, 5.41) is 0. The normalized spacial score (nSPS) is 18.8. The minimum Gasteiger partial charge on any atom is -0.481 e. The van der Waals surface area contributed by atoms with Gasteiger partial charge in [0.1, 0.15) is 5.75 Å². The highest BCUT2D eigenvalue weighted by Gasteiger charge is 2.31. The average molecular weight is 359 g/mol. The lowest BCUT2D eigenvalue weighted by atomic mass is 9.92. The van der Waals surface area contributed by atoms with Crippen LogP contribution < -0.4 is 4.74 Å². The van der Waals surface area contributed by atoms with E-state index in [0.717, 1.165) is 18.6 Å². The van der Waals surface area contributed by atoms with Crippen molar-refractivity contribution in [3.8, 4) is 5.75 Å². The van der Waals surface area contributed by atoms with Gasteiger partial charge in [0.2, 0.25) is 0 Å². The van der Waals surface area contributed by atoms with Gasteiger partial charge in [0.05, 0.1) is 13.0 Å². The Morgan fingerprint density at radius 2 is 1.85 bits per heavy atom. The van der Waals surface area contributed by atoms with Crippen molar-refractivity contribution in [2.45, 2.75) is 58.0 Å². The zero-order valence-corrected chi connectivity index (χ0v) is 15.8. The summed E-state index contributed by atoms with van der Waals surface area (Å²) in [6.07, 6.45) is 6.20. The number of carbonyl (C=O) groups is 2. The van der Waals surface area contributed by atoms with Crippen molar-refractivity contribution in [3.63, 3.8) is 0 Å². The van der Waals surface area contributed by atoms with Crippen molar-refractivity contribution in [2.75, 3.05) is 20.2 Å². The summed E-state index contributed by atoms with van der Waals surface area (Å²) in [5.41, 5.74) is 2.77. The molecule has 1 aliphatic heterocycles. The quantitative estimate of drug-likeness (QED) is 0.758. The molecule has 1 aliphatic carbocycles. The molecule has 1 fully saturated rings. The number of methoxy groups -OCH3 is 1. The number of benzene rings is 1. The van der Waals surface area contributed by atoms with Gasteiger partial charge >= 0.3 is 5.97 Å². The van der Waals surface area contributed by atoms with Crippen LogP contribution in [0, 0.1) is 5.92 Å². The Hall–Kier alpha value is -2.04. The predicted octanol–water partition coefficient (Wildman–Crippen LogP) is 3.13. The minimum atomic E-state index is -0.466. The van der Waals surface area contributed by atoms with Gasteiger partial charge in [0, 0.05) is 13.1 Å². The van der Waals surface area contributed by atoms with Crippen LogP contribution in [0.1, 0.15) is 50.2 Å². The number of esters is 1. The molecular formula is C21H29NO4. The molecule has 5 nitrogen and oxygen atoms in total. The molecule has 2 aliphatic rings. The highest BCUT2D eigenvalue weighted by Crippen LogP contribution is 2.27. The second-order valence-corrected chi connectivity index (χ2v) is 7.28. The standard InChI is InChI=1S/C21H29NO4/c1-3-19(20(23)22-12-10-16(11-13-22)21(24)25-2)26-18-9-8-15-6-4-5-7-17(15)14-18/h8-9,14,16,19H,3-7,10-13H2,1-2H3/t19-/m0/s1. The van der Waals surface area contributed by atoms with Crippen LogP contribution in [-0.2, 0) is 27.2 Å². The van der Waals surface area contributed by atoms with E-state index in [-0.39, 0.29) is 17.8 Å². The first-order valence-corrected chi connectivity index (χ1v) is 9.77. The number of fused-ring (bicyclic) bond motifs is 1. The Balaban J connectivity index is 1.60. The number of rotatable bonds is 5. The van der Waals surface area contributed by atoms with Crippen molar-refractivity contribution in [2.24, 2.45) is 5.92 Å².